The van der Waals surface area contributed by atoms with E-state index in [1.807, 2.05) is 30.3 Å². The Hall–Kier alpha value is -2.73. The summed E-state index contributed by atoms with van der Waals surface area (Å²) in [6, 6.07) is 16.5. The minimum absolute atomic E-state index is 0.0147. The Morgan fingerprint density at radius 1 is 0.967 bits per heavy atom. The molecule has 0 aromatic heterocycles. The topological polar surface area (TPSA) is 62.6 Å². The van der Waals surface area contributed by atoms with Crippen LogP contribution in [0.15, 0.2) is 54.6 Å². The number of amides is 2. The van der Waals surface area contributed by atoms with E-state index in [0.29, 0.717) is 30.7 Å². The first kappa shape index (κ1) is 20.5. The molecule has 2 saturated heterocycles. The number of hydrogen-bond acceptors (Lipinski definition) is 2. The molecule has 5 nitrogen and oxygen atoms in total. The molecule has 2 fully saturated rings. The van der Waals surface area contributed by atoms with Crippen LogP contribution in [0, 0.1) is 5.82 Å². The van der Waals surface area contributed by atoms with Crippen molar-refractivity contribution in [3.05, 3.63) is 71.5 Å². The zero-order valence-corrected chi connectivity index (χ0v) is 17.1. The molecule has 2 aromatic carbocycles. The molecule has 4 atom stereocenters. The second-order valence-electron chi connectivity index (χ2n) is 8.49. The highest BCUT2D eigenvalue weighted by molar-refractivity contribution is 5.94. The van der Waals surface area contributed by atoms with Gasteiger partial charge in [0.2, 0.25) is 0 Å². The Morgan fingerprint density at radius 2 is 1.63 bits per heavy atom. The highest BCUT2D eigenvalue weighted by atomic mass is 19.1. The zero-order valence-electron chi connectivity index (χ0n) is 17.1. The highest BCUT2D eigenvalue weighted by Gasteiger charge is 2.43. The van der Waals surface area contributed by atoms with E-state index in [-0.39, 0.29) is 23.7 Å². The summed E-state index contributed by atoms with van der Waals surface area (Å²) in [4.78, 5) is 26.4. The average Bonchev–Trinajstić information content (AvgIpc) is 2.74. The lowest BCUT2D eigenvalue weighted by Gasteiger charge is -2.45. The maximum atomic E-state index is 13.0. The summed E-state index contributed by atoms with van der Waals surface area (Å²) in [5, 5.41) is 6.17. The van der Waals surface area contributed by atoms with Crippen LogP contribution in [0.3, 0.4) is 0 Å². The van der Waals surface area contributed by atoms with Crippen LogP contribution in [0.1, 0.15) is 48.0 Å². The van der Waals surface area contributed by atoms with Crippen molar-refractivity contribution >= 4 is 11.8 Å². The molecule has 2 heterocycles. The molecule has 6 heteroatoms. The number of carbonyl (C=O) groups is 2. The summed E-state index contributed by atoms with van der Waals surface area (Å²) < 4.78 is 13.0. The van der Waals surface area contributed by atoms with E-state index in [1.54, 1.807) is 12.1 Å². The van der Waals surface area contributed by atoms with Gasteiger partial charge in [0.1, 0.15) is 5.82 Å². The number of rotatable bonds is 6. The number of benzene rings is 2. The smallest absolute Gasteiger partial charge is 0.275 e. The van der Waals surface area contributed by atoms with E-state index < -0.39 is 0 Å². The molecule has 158 valence electrons. The van der Waals surface area contributed by atoms with Gasteiger partial charge in [-0.05, 0) is 49.1 Å². The predicted molar refractivity (Wildman–Crippen MR) is 112 cm³/mol. The molecule has 2 aromatic rings. The predicted octanol–water partition coefficient (Wildman–Crippen LogP) is 1.84. The number of fused-ring (bicyclic) bond motifs is 2. The quantitative estimate of drug-likeness (QED) is 0.681. The van der Waals surface area contributed by atoms with Crippen LogP contribution in [0.2, 0.25) is 0 Å². The lowest BCUT2D eigenvalue weighted by Crippen LogP contribution is -3.22. The molecule has 3 N–H and O–H groups in total. The molecule has 2 aliphatic rings. The normalized spacial score (nSPS) is 25.4. The molecule has 0 saturated carbocycles. The number of piperidine rings is 2. The highest BCUT2D eigenvalue weighted by Crippen LogP contribution is 2.22. The van der Waals surface area contributed by atoms with Crippen LogP contribution < -0.4 is 15.5 Å². The van der Waals surface area contributed by atoms with Gasteiger partial charge in [-0.1, -0.05) is 30.3 Å². The van der Waals surface area contributed by atoms with E-state index in [4.69, 9.17) is 0 Å². The van der Waals surface area contributed by atoms with Crippen LogP contribution in [0.5, 0.6) is 0 Å². The first-order valence-corrected chi connectivity index (χ1v) is 10.8. The van der Waals surface area contributed by atoms with Crippen LogP contribution in [0.4, 0.5) is 4.39 Å². The summed E-state index contributed by atoms with van der Waals surface area (Å²) in [7, 11) is 0. The SMILES string of the molecule is O=C(C[NH+]1[C@@H]2CCC[C@H]1CC(NC(=O)c1ccccc1)C2)NCc1ccc(F)cc1. The van der Waals surface area contributed by atoms with E-state index in [9.17, 15) is 14.0 Å². The Balaban J connectivity index is 1.30. The molecular formula is C24H29FN3O2+. The Bertz CT molecular complexity index is 858. The summed E-state index contributed by atoms with van der Waals surface area (Å²) in [6.07, 6.45) is 5.20. The number of carbonyl (C=O) groups excluding carboxylic acids is 2. The Kier molecular flexibility index (Phi) is 6.43. The first-order valence-electron chi connectivity index (χ1n) is 10.8. The van der Waals surface area contributed by atoms with Crippen LogP contribution >= 0.6 is 0 Å². The number of nitrogens with one attached hydrogen (secondary N) is 3. The zero-order chi connectivity index (χ0) is 20.9. The van der Waals surface area contributed by atoms with Crippen molar-refractivity contribution in [3.8, 4) is 0 Å². The van der Waals surface area contributed by atoms with E-state index >= 15 is 0 Å². The van der Waals surface area contributed by atoms with Crippen molar-refractivity contribution in [2.45, 2.75) is 56.8 Å². The fourth-order valence-electron chi connectivity index (χ4n) is 4.95. The van der Waals surface area contributed by atoms with Gasteiger partial charge in [0, 0.05) is 31.0 Å². The number of halogens is 1. The van der Waals surface area contributed by atoms with Gasteiger partial charge in [-0.15, -0.1) is 0 Å². The standard InChI is InChI=1S/C24H28FN3O2/c25-19-11-9-17(10-12-19)15-26-23(29)16-28-21-7-4-8-22(28)14-20(13-21)27-24(30)18-5-2-1-3-6-18/h1-3,5-6,9-12,20-22H,4,7-8,13-16H2,(H,26,29)(H,27,30)/p+1/t20?,21-,22+. The third kappa shape index (κ3) is 5.05. The van der Waals surface area contributed by atoms with E-state index in [1.165, 1.54) is 23.5 Å². The Labute approximate surface area is 176 Å². The van der Waals surface area contributed by atoms with Gasteiger partial charge in [0.25, 0.3) is 11.8 Å². The van der Waals surface area contributed by atoms with Gasteiger partial charge in [-0.3, -0.25) is 9.59 Å². The number of hydrogen-bond donors (Lipinski definition) is 3. The molecular weight excluding hydrogens is 381 g/mol. The van der Waals surface area contributed by atoms with Crippen molar-refractivity contribution < 1.29 is 18.9 Å². The first-order chi connectivity index (χ1) is 14.6. The molecule has 0 radical (unpaired) electrons. The summed E-state index contributed by atoms with van der Waals surface area (Å²) in [6.45, 7) is 0.868. The maximum Gasteiger partial charge on any atom is 0.275 e. The maximum absolute atomic E-state index is 13.0. The average molecular weight is 411 g/mol. The van der Waals surface area contributed by atoms with Gasteiger partial charge in [0.05, 0.1) is 12.1 Å². The van der Waals surface area contributed by atoms with Gasteiger partial charge in [-0.2, -0.15) is 0 Å². The molecule has 0 aliphatic carbocycles. The Morgan fingerprint density at radius 3 is 2.30 bits per heavy atom. The third-order valence-electron chi connectivity index (χ3n) is 6.43. The second-order valence-corrected chi connectivity index (χ2v) is 8.49. The fourth-order valence-corrected chi connectivity index (χ4v) is 4.95. The third-order valence-corrected chi connectivity index (χ3v) is 6.43. The molecule has 2 unspecified atom stereocenters. The minimum Gasteiger partial charge on any atom is -0.349 e. The molecule has 30 heavy (non-hydrogen) atoms. The minimum atomic E-state index is -0.274. The van der Waals surface area contributed by atoms with Crippen molar-refractivity contribution in [2.75, 3.05) is 6.54 Å². The fraction of sp³-hybridized carbons (Fsp3) is 0.417. The largest absolute Gasteiger partial charge is 0.349 e. The van der Waals surface area contributed by atoms with Crippen molar-refractivity contribution in [3.63, 3.8) is 0 Å². The van der Waals surface area contributed by atoms with Gasteiger partial charge < -0.3 is 15.5 Å². The van der Waals surface area contributed by atoms with Gasteiger partial charge in [0.15, 0.2) is 6.54 Å². The van der Waals surface area contributed by atoms with Gasteiger partial charge in [-0.25, -0.2) is 4.39 Å². The summed E-state index contributed by atoms with van der Waals surface area (Å²) in [5.74, 6) is -0.262. The van der Waals surface area contributed by atoms with Crippen LogP contribution in [-0.4, -0.2) is 36.5 Å². The van der Waals surface area contributed by atoms with Crippen LogP contribution in [0.25, 0.3) is 0 Å². The number of quaternary nitrogens is 1. The summed E-state index contributed by atoms with van der Waals surface area (Å²) >= 11 is 0. The lowest BCUT2D eigenvalue weighted by molar-refractivity contribution is -0.953. The van der Waals surface area contributed by atoms with E-state index in [0.717, 1.165) is 31.2 Å². The molecule has 0 spiro atoms. The molecule has 2 amide bonds. The molecule has 4 rings (SSSR count). The summed E-state index contributed by atoms with van der Waals surface area (Å²) in [5.41, 5.74) is 1.58. The second kappa shape index (κ2) is 9.39. The lowest BCUT2D eigenvalue weighted by atomic mass is 9.81. The van der Waals surface area contributed by atoms with E-state index in [2.05, 4.69) is 10.6 Å². The monoisotopic (exact) mass is 410 g/mol. The van der Waals surface area contributed by atoms with Crippen LogP contribution in [-0.2, 0) is 11.3 Å². The van der Waals surface area contributed by atoms with Crippen molar-refractivity contribution in [2.24, 2.45) is 0 Å². The molecule has 2 aliphatic heterocycles. The van der Waals surface area contributed by atoms with Crippen molar-refractivity contribution in [1.29, 1.82) is 0 Å². The van der Waals surface area contributed by atoms with Crippen molar-refractivity contribution in [1.82, 2.24) is 10.6 Å². The van der Waals surface area contributed by atoms with Gasteiger partial charge >= 0.3 is 0 Å². The molecule has 2 bridgehead atoms.